The average molecular weight is 651 g/mol. The lowest BCUT2D eigenvalue weighted by Gasteiger charge is -2.49. The summed E-state index contributed by atoms with van der Waals surface area (Å²) in [6, 6.07) is 13.6. The standard InChI is InChI=1S/C35H40BrNO6/c1-6-42-29-15-22(9-12-28(29)43-20-21-7-10-23(36)11-8-21)31-32-24(16-34(2,3)18-26(32)38)37(14-13-30(40)41)25-17-35(4,5)19-27(39)33(25)31/h7-12,15,31H,6,13-14,16-20H2,1-5H3,(H,40,41). The highest BCUT2D eigenvalue weighted by Gasteiger charge is 2.49. The molecule has 43 heavy (non-hydrogen) atoms. The second kappa shape index (κ2) is 11.9. The quantitative estimate of drug-likeness (QED) is 0.299. The number of carbonyl (C=O) groups excluding carboxylic acids is 2. The number of hydrogen-bond donors (Lipinski definition) is 1. The summed E-state index contributed by atoms with van der Waals surface area (Å²) in [7, 11) is 0. The molecule has 0 spiro atoms. The zero-order valence-corrected chi connectivity index (χ0v) is 27.2. The van der Waals surface area contributed by atoms with Crippen LogP contribution in [0.2, 0.25) is 0 Å². The topological polar surface area (TPSA) is 93.1 Å². The number of carbonyl (C=O) groups is 3. The van der Waals surface area contributed by atoms with Crippen molar-refractivity contribution in [2.45, 2.75) is 79.2 Å². The van der Waals surface area contributed by atoms with Crippen LogP contribution < -0.4 is 9.47 Å². The van der Waals surface area contributed by atoms with Gasteiger partial charge in [0.05, 0.1) is 13.0 Å². The van der Waals surface area contributed by atoms with E-state index in [0.29, 0.717) is 61.5 Å². The third-order valence-electron chi connectivity index (χ3n) is 8.48. The van der Waals surface area contributed by atoms with Gasteiger partial charge in [0.25, 0.3) is 0 Å². The number of rotatable bonds is 9. The molecule has 3 aliphatic rings. The van der Waals surface area contributed by atoms with Crippen LogP contribution in [0, 0.1) is 10.8 Å². The Hall–Kier alpha value is -3.39. The van der Waals surface area contributed by atoms with Crippen LogP contribution >= 0.6 is 15.9 Å². The Morgan fingerprint density at radius 3 is 2.00 bits per heavy atom. The molecule has 0 saturated carbocycles. The molecule has 0 atom stereocenters. The lowest BCUT2D eigenvalue weighted by molar-refractivity contribution is -0.137. The van der Waals surface area contributed by atoms with E-state index < -0.39 is 11.9 Å². The summed E-state index contributed by atoms with van der Waals surface area (Å²) in [4.78, 5) is 41.7. The monoisotopic (exact) mass is 649 g/mol. The van der Waals surface area contributed by atoms with E-state index in [9.17, 15) is 19.5 Å². The largest absolute Gasteiger partial charge is 0.490 e. The molecule has 1 heterocycles. The van der Waals surface area contributed by atoms with E-state index >= 15 is 0 Å². The molecule has 0 unspecified atom stereocenters. The van der Waals surface area contributed by atoms with Crippen LogP contribution in [-0.2, 0) is 21.0 Å². The molecule has 0 amide bonds. The molecule has 0 aromatic heterocycles. The Kier molecular flexibility index (Phi) is 8.63. The molecule has 228 valence electrons. The predicted octanol–water partition coefficient (Wildman–Crippen LogP) is 7.59. The third-order valence-corrected chi connectivity index (χ3v) is 9.01. The molecule has 0 radical (unpaired) electrons. The van der Waals surface area contributed by atoms with Crippen LogP contribution in [0.3, 0.4) is 0 Å². The summed E-state index contributed by atoms with van der Waals surface area (Å²) in [5.41, 5.74) is 4.18. The van der Waals surface area contributed by atoms with Crippen molar-refractivity contribution in [3.63, 3.8) is 0 Å². The molecule has 8 heteroatoms. The van der Waals surface area contributed by atoms with Gasteiger partial charge in [0.15, 0.2) is 23.1 Å². The van der Waals surface area contributed by atoms with Gasteiger partial charge in [-0.05, 0) is 66.0 Å². The number of nitrogens with zero attached hydrogens (tertiary/aromatic N) is 1. The van der Waals surface area contributed by atoms with Gasteiger partial charge in [-0.15, -0.1) is 0 Å². The number of hydrogen-bond acceptors (Lipinski definition) is 6. The molecule has 5 rings (SSSR count). The average Bonchev–Trinajstić information content (AvgIpc) is 2.90. The molecule has 0 fully saturated rings. The zero-order chi connectivity index (χ0) is 31.1. The molecular weight excluding hydrogens is 610 g/mol. The summed E-state index contributed by atoms with van der Waals surface area (Å²) >= 11 is 3.46. The minimum Gasteiger partial charge on any atom is -0.490 e. The number of Topliss-reactive ketones (excluding diaryl/α,β-unsaturated/α-hetero) is 2. The summed E-state index contributed by atoms with van der Waals surface area (Å²) in [5.74, 6) is -0.291. The minimum absolute atomic E-state index is 0.00860. The van der Waals surface area contributed by atoms with Crippen molar-refractivity contribution in [2.24, 2.45) is 10.8 Å². The van der Waals surface area contributed by atoms with Crippen LogP contribution in [0.4, 0.5) is 0 Å². The lowest BCUT2D eigenvalue weighted by Crippen LogP contribution is -2.45. The smallest absolute Gasteiger partial charge is 0.305 e. The maximum atomic E-state index is 14.0. The highest BCUT2D eigenvalue weighted by atomic mass is 79.9. The van der Waals surface area contributed by atoms with Gasteiger partial charge < -0.3 is 19.5 Å². The van der Waals surface area contributed by atoms with Crippen LogP contribution in [0.1, 0.15) is 83.8 Å². The van der Waals surface area contributed by atoms with Crippen molar-refractivity contribution in [1.29, 1.82) is 0 Å². The second-order valence-corrected chi connectivity index (χ2v) is 14.3. The van der Waals surface area contributed by atoms with Gasteiger partial charge >= 0.3 is 5.97 Å². The molecule has 0 saturated heterocycles. The lowest BCUT2D eigenvalue weighted by atomic mass is 9.63. The Labute approximate surface area is 262 Å². The first-order valence-electron chi connectivity index (χ1n) is 14.9. The first-order chi connectivity index (χ1) is 20.3. The van der Waals surface area contributed by atoms with Crippen molar-refractivity contribution in [2.75, 3.05) is 13.2 Å². The molecule has 2 aliphatic carbocycles. The fourth-order valence-corrected chi connectivity index (χ4v) is 6.96. The van der Waals surface area contributed by atoms with E-state index in [-0.39, 0.29) is 35.4 Å². The van der Waals surface area contributed by atoms with E-state index in [1.807, 2.05) is 54.3 Å². The molecule has 2 aromatic carbocycles. The molecule has 1 aliphatic heterocycles. The van der Waals surface area contributed by atoms with E-state index in [0.717, 1.165) is 27.0 Å². The first kappa shape index (κ1) is 31.0. The Bertz CT molecular complexity index is 1460. The van der Waals surface area contributed by atoms with Crippen LogP contribution in [0.15, 0.2) is 69.5 Å². The molecular formula is C35H40BrNO6. The normalized spacial score (nSPS) is 19.7. The van der Waals surface area contributed by atoms with Crippen molar-refractivity contribution >= 4 is 33.5 Å². The summed E-state index contributed by atoms with van der Waals surface area (Å²) in [6.45, 7) is 11.2. The second-order valence-electron chi connectivity index (χ2n) is 13.4. The SMILES string of the molecule is CCOc1cc(C2C3=C(CC(C)(C)CC3=O)N(CCC(=O)O)C3=C2C(=O)CC(C)(C)C3)ccc1OCc1ccc(Br)cc1. The highest BCUT2D eigenvalue weighted by molar-refractivity contribution is 9.10. The Morgan fingerprint density at radius 2 is 1.47 bits per heavy atom. The van der Waals surface area contributed by atoms with Gasteiger partial charge in [0.1, 0.15) is 6.61 Å². The van der Waals surface area contributed by atoms with E-state index in [2.05, 4.69) is 43.6 Å². The zero-order valence-electron chi connectivity index (χ0n) is 25.6. The number of allylic oxidation sites excluding steroid dienone is 4. The Balaban J connectivity index is 1.63. The fraction of sp³-hybridized carbons (Fsp3) is 0.457. The summed E-state index contributed by atoms with van der Waals surface area (Å²) in [5, 5.41) is 9.59. The Morgan fingerprint density at radius 1 is 0.884 bits per heavy atom. The number of ketones is 2. The van der Waals surface area contributed by atoms with Crippen LogP contribution in [0.25, 0.3) is 0 Å². The minimum atomic E-state index is -0.908. The molecule has 2 aromatic rings. The molecule has 0 bridgehead atoms. The van der Waals surface area contributed by atoms with E-state index in [1.165, 1.54) is 0 Å². The van der Waals surface area contributed by atoms with E-state index in [4.69, 9.17) is 9.47 Å². The van der Waals surface area contributed by atoms with Crippen molar-refractivity contribution < 1.29 is 29.0 Å². The predicted molar refractivity (Wildman–Crippen MR) is 168 cm³/mol. The summed E-state index contributed by atoms with van der Waals surface area (Å²) in [6.07, 6.45) is 1.90. The molecule has 1 N–H and O–H groups in total. The number of ether oxygens (including phenoxy) is 2. The van der Waals surface area contributed by atoms with Gasteiger partial charge in [0, 0.05) is 52.3 Å². The number of aliphatic carboxylic acids is 1. The van der Waals surface area contributed by atoms with Gasteiger partial charge in [-0.3, -0.25) is 14.4 Å². The number of halogens is 1. The number of carboxylic acids is 1. The van der Waals surface area contributed by atoms with Gasteiger partial charge in [0.2, 0.25) is 0 Å². The van der Waals surface area contributed by atoms with Crippen LogP contribution in [-0.4, -0.2) is 40.7 Å². The maximum absolute atomic E-state index is 14.0. The van der Waals surface area contributed by atoms with Gasteiger partial charge in [-0.25, -0.2) is 0 Å². The van der Waals surface area contributed by atoms with Gasteiger partial charge in [-0.2, -0.15) is 0 Å². The fourth-order valence-electron chi connectivity index (χ4n) is 6.69. The third kappa shape index (κ3) is 6.59. The van der Waals surface area contributed by atoms with Crippen molar-refractivity contribution in [3.05, 3.63) is 80.6 Å². The molecule has 7 nitrogen and oxygen atoms in total. The first-order valence-corrected chi connectivity index (χ1v) is 15.7. The van der Waals surface area contributed by atoms with Crippen molar-refractivity contribution in [1.82, 2.24) is 4.90 Å². The van der Waals surface area contributed by atoms with Crippen LogP contribution in [0.5, 0.6) is 11.5 Å². The van der Waals surface area contributed by atoms with Crippen molar-refractivity contribution in [3.8, 4) is 11.5 Å². The number of carboxylic acid groups (broad SMARTS) is 1. The van der Waals surface area contributed by atoms with Gasteiger partial charge in [-0.1, -0.05) is 61.8 Å². The highest BCUT2D eigenvalue weighted by Crippen LogP contribution is 2.55. The van der Waals surface area contributed by atoms with E-state index in [1.54, 1.807) is 0 Å². The number of benzene rings is 2. The summed E-state index contributed by atoms with van der Waals surface area (Å²) < 4.78 is 13.2. The maximum Gasteiger partial charge on any atom is 0.305 e.